The fourth-order valence-electron chi connectivity index (χ4n) is 3.42. The number of para-hydroxylation sites is 1. The summed E-state index contributed by atoms with van der Waals surface area (Å²) in [5.74, 6) is 0.553. The van der Waals surface area contributed by atoms with Crippen LogP contribution in [0, 0.1) is 0 Å². The van der Waals surface area contributed by atoms with Crippen LogP contribution in [0.4, 0.5) is 0 Å². The predicted octanol–water partition coefficient (Wildman–Crippen LogP) is 3.02. The number of ether oxygens (including phenoxy) is 3. The van der Waals surface area contributed by atoms with E-state index in [4.69, 9.17) is 14.2 Å². The molecule has 0 saturated heterocycles. The average Bonchev–Trinajstić information content (AvgIpc) is 3.19. The molecule has 1 atom stereocenters. The SMILES string of the molecule is COC(=O)[C@@H](Cc1c[nH]c2ccccc12)NC(=O)CCc1ccc(OC)c(OC)c1. The minimum absolute atomic E-state index is 0.222. The first-order chi connectivity index (χ1) is 14.5. The van der Waals surface area contributed by atoms with Gasteiger partial charge in [0.05, 0.1) is 21.3 Å². The Balaban J connectivity index is 1.65. The molecule has 1 heterocycles. The van der Waals surface area contributed by atoms with Gasteiger partial charge >= 0.3 is 5.97 Å². The molecule has 0 unspecified atom stereocenters. The van der Waals surface area contributed by atoms with E-state index in [-0.39, 0.29) is 12.3 Å². The third kappa shape index (κ3) is 4.92. The van der Waals surface area contributed by atoms with Crippen molar-refractivity contribution in [3.8, 4) is 11.5 Å². The van der Waals surface area contributed by atoms with Crippen LogP contribution in [0.3, 0.4) is 0 Å². The molecule has 3 rings (SSSR count). The molecule has 158 valence electrons. The van der Waals surface area contributed by atoms with Gasteiger partial charge in [0.15, 0.2) is 11.5 Å². The van der Waals surface area contributed by atoms with Crippen LogP contribution in [0.5, 0.6) is 11.5 Å². The number of hydrogen-bond donors (Lipinski definition) is 2. The maximum absolute atomic E-state index is 12.5. The molecule has 0 spiro atoms. The topological polar surface area (TPSA) is 89.7 Å². The summed E-state index contributed by atoms with van der Waals surface area (Å²) in [5.41, 5.74) is 2.87. The van der Waals surface area contributed by atoms with Crippen LogP contribution in [0.15, 0.2) is 48.7 Å². The van der Waals surface area contributed by atoms with Gasteiger partial charge < -0.3 is 24.5 Å². The van der Waals surface area contributed by atoms with Gasteiger partial charge in [-0.15, -0.1) is 0 Å². The van der Waals surface area contributed by atoms with Gasteiger partial charge in [0.25, 0.3) is 0 Å². The first-order valence-corrected chi connectivity index (χ1v) is 9.68. The normalized spacial score (nSPS) is 11.7. The fraction of sp³-hybridized carbons (Fsp3) is 0.304. The van der Waals surface area contributed by atoms with E-state index in [0.29, 0.717) is 24.3 Å². The van der Waals surface area contributed by atoms with E-state index in [1.54, 1.807) is 20.3 Å². The van der Waals surface area contributed by atoms with Crippen molar-refractivity contribution in [2.75, 3.05) is 21.3 Å². The Hall–Kier alpha value is -3.48. The number of nitrogens with one attached hydrogen (secondary N) is 2. The predicted molar refractivity (Wildman–Crippen MR) is 114 cm³/mol. The molecular formula is C23H26N2O5. The largest absolute Gasteiger partial charge is 0.493 e. The number of fused-ring (bicyclic) bond motifs is 1. The van der Waals surface area contributed by atoms with Gasteiger partial charge in [-0.05, 0) is 35.7 Å². The first kappa shape index (κ1) is 21.2. The van der Waals surface area contributed by atoms with Crippen molar-refractivity contribution in [3.63, 3.8) is 0 Å². The molecule has 7 nitrogen and oxygen atoms in total. The van der Waals surface area contributed by atoms with Gasteiger partial charge in [-0.1, -0.05) is 24.3 Å². The summed E-state index contributed by atoms with van der Waals surface area (Å²) in [6.45, 7) is 0. The quantitative estimate of drug-likeness (QED) is 0.530. The van der Waals surface area contributed by atoms with Gasteiger partial charge in [0, 0.05) is 29.9 Å². The lowest BCUT2D eigenvalue weighted by atomic mass is 10.0. The Morgan fingerprint density at radius 2 is 1.80 bits per heavy atom. The molecule has 1 aromatic heterocycles. The molecule has 0 radical (unpaired) electrons. The fourth-order valence-corrected chi connectivity index (χ4v) is 3.42. The number of hydrogen-bond acceptors (Lipinski definition) is 5. The second-order valence-corrected chi connectivity index (χ2v) is 6.90. The molecule has 2 N–H and O–H groups in total. The maximum atomic E-state index is 12.5. The number of H-pyrrole nitrogens is 1. The van der Waals surface area contributed by atoms with Gasteiger partial charge in [-0.3, -0.25) is 4.79 Å². The first-order valence-electron chi connectivity index (χ1n) is 9.68. The van der Waals surface area contributed by atoms with E-state index in [0.717, 1.165) is 22.0 Å². The zero-order valence-electron chi connectivity index (χ0n) is 17.4. The third-order valence-corrected chi connectivity index (χ3v) is 5.01. The minimum Gasteiger partial charge on any atom is -0.493 e. The zero-order chi connectivity index (χ0) is 21.5. The minimum atomic E-state index is -0.757. The monoisotopic (exact) mass is 410 g/mol. The molecule has 0 aliphatic rings. The summed E-state index contributed by atoms with van der Waals surface area (Å²) in [6, 6.07) is 12.6. The Morgan fingerprint density at radius 1 is 1.03 bits per heavy atom. The Bertz CT molecular complexity index is 1030. The lowest BCUT2D eigenvalue weighted by Crippen LogP contribution is -2.43. The van der Waals surface area contributed by atoms with Crippen LogP contribution in [-0.2, 0) is 27.2 Å². The molecule has 1 amide bonds. The van der Waals surface area contributed by atoms with Crippen LogP contribution >= 0.6 is 0 Å². The van der Waals surface area contributed by atoms with Crippen molar-refractivity contribution in [1.29, 1.82) is 0 Å². The van der Waals surface area contributed by atoms with E-state index in [9.17, 15) is 9.59 Å². The Labute approximate surface area is 175 Å². The highest BCUT2D eigenvalue weighted by molar-refractivity contribution is 5.87. The van der Waals surface area contributed by atoms with Crippen molar-refractivity contribution in [3.05, 3.63) is 59.8 Å². The number of aryl methyl sites for hydroxylation is 1. The average molecular weight is 410 g/mol. The number of methoxy groups -OCH3 is 3. The van der Waals surface area contributed by atoms with Crippen molar-refractivity contribution in [2.45, 2.75) is 25.3 Å². The van der Waals surface area contributed by atoms with Gasteiger partial charge in [0.1, 0.15) is 6.04 Å². The number of carbonyl (C=O) groups excluding carboxylic acids is 2. The number of aromatic amines is 1. The van der Waals surface area contributed by atoms with Gasteiger partial charge in [-0.25, -0.2) is 4.79 Å². The zero-order valence-corrected chi connectivity index (χ0v) is 17.4. The Kier molecular flexibility index (Phi) is 6.95. The number of aromatic nitrogens is 1. The van der Waals surface area contributed by atoms with Crippen LogP contribution in [0.25, 0.3) is 10.9 Å². The van der Waals surface area contributed by atoms with E-state index in [1.165, 1.54) is 7.11 Å². The van der Waals surface area contributed by atoms with Gasteiger partial charge in [-0.2, -0.15) is 0 Å². The van der Waals surface area contributed by atoms with Crippen LogP contribution in [0.2, 0.25) is 0 Å². The molecule has 3 aromatic rings. The van der Waals surface area contributed by atoms with Crippen LogP contribution in [0.1, 0.15) is 17.5 Å². The third-order valence-electron chi connectivity index (χ3n) is 5.01. The number of amides is 1. The molecule has 0 bridgehead atoms. The van der Waals surface area contributed by atoms with E-state index >= 15 is 0 Å². The molecule has 30 heavy (non-hydrogen) atoms. The summed E-state index contributed by atoms with van der Waals surface area (Å²) in [6.07, 6.45) is 2.94. The lowest BCUT2D eigenvalue weighted by molar-refractivity contribution is -0.145. The molecule has 0 fully saturated rings. The summed E-state index contributed by atoms with van der Waals surface area (Å²) in [4.78, 5) is 28.0. The summed E-state index contributed by atoms with van der Waals surface area (Å²) in [7, 11) is 4.46. The van der Waals surface area contributed by atoms with Crippen molar-refractivity contribution in [1.82, 2.24) is 10.3 Å². The second-order valence-electron chi connectivity index (χ2n) is 6.90. The van der Waals surface area contributed by atoms with Crippen molar-refractivity contribution >= 4 is 22.8 Å². The highest BCUT2D eigenvalue weighted by Crippen LogP contribution is 2.28. The van der Waals surface area contributed by atoms with E-state index < -0.39 is 12.0 Å². The summed E-state index contributed by atoms with van der Waals surface area (Å²) >= 11 is 0. The van der Waals surface area contributed by atoms with Gasteiger partial charge in [0.2, 0.25) is 5.91 Å². The van der Waals surface area contributed by atoms with Crippen molar-refractivity contribution in [2.24, 2.45) is 0 Å². The highest BCUT2D eigenvalue weighted by atomic mass is 16.5. The number of carbonyl (C=O) groups is 2. The highest BCUT2D eigenvalue weighted by Gasteiger charge is 2.23. The molecule has 7 heteroatoms. The molecular weight excluding hydrogens is 384 g/mol. The summed E-state index contributed by atoms with van der Waals surface area (Å²) < 4.78 is 15.4. The summed E-state index contributed by atoms with van der Waals surface area (Å²) in [5, 5.41) is 3.83. The second kappa shape index (κ2) is 9.82. The van der Waals surface area contributed by atoms with Crippen LogP contribution in [-0.4, -0.2) is 44.2 Å². The molecule has 0 saturated carbocycles. The number of benzene rings is 2. The number of esters is 1. The smallest absolute Gasteiger partial charge is 0.328 e. The standard InChI is InChI=1S/C23H26N2O5/c1-28-20-10-8-15(12-21(20)29-2)9-11-22(26)25-19(23(27)30-3)13-16-14-24-18-7-5-4-6-17(16)18/h4-8,10,12,14,19,24H,9,11,13H2,1-3H3,(H,25,26)/t19-/m1/s1. The molecule has 0 aliphatic carbocycles. The molecule has 0 aliphatic heterocycles. The maximum Gasteiger partial charge on any atom is 0.328 e. The van der Waals surface area contributed by atoms with E-state index in [2.05, 4.69) is 10.3 Å². The van der Waals surface area contributed by atoms with Crippen molar-refractivity contribution < 1.29 is 23.8 Å². The Morgan fingerprint density at radius 3 is 2.53 bits per heavy atom. The number of rotatable bonds is 9. The lowest BCUT2D eigenvalue weighted by Gasteiger charge is -2.16. The van der Waals surface area contributed by atoms with Crippen LogP contribution < -0.4 is 14.8 Å². The molecule has 2 aromatic carbocycles. The van der Waals surface area contributed by atoms with E-state index in [1.807, 2.05) is 42.6 Å².